The molecule has 1 aliphatic rings. The van der Waals surface area contributed by atoms with E-state index in [0.29, 0.717) is 23.0 Å². The van der Waals surface area contributed by atoms with Gasteiger partial charge in [0.05, 0.1) is 38.5 Å². The van der Waals surface area contributed by atoms with Crippen LogP contribution in [0.25, 0.3) is 11.3 Å². The topological polar surface area (TPSA) is 115 Å². The molecule has 0 saturated carbocycles. The molecule has 0 radical (unpaired) electrons. The summed E-state index contributed by atoms with van der Waals surface area (Å²) in [6.07, 6.45) is 0. The highest BCUT2D eigenvalue weighted by molar-refractivity contribution is 5.71. The molecule has 0 saturated heterocycles. The summed E-state index contributed by atoms with van der Waals surface area (Å²) in [6.45, 7) is 0. The second-order valence-corrected chi connectivity index (χ2v) is 6.59. The van der Waals surface area contributed by atoms with E-state index in [4.69, 9.17) is 24.7 Å². The summed E-state index contributed by atoms with van der Waals surface area (Å²) in [5, 5.41) is 17.2. The molecule has 1 aliphatic heterocycles. The first-order chi connectivity index (χ1) is 14.6. The standard InChI is InChI=1S/C22H20N4O4/c1-27-14-7-4-12(5-8-14)20-19-18(13-6-9-16(28-2)17(10-13)29-3)15(11-23)21(24)30-22(19)26-25-20/h4-10,18H,24H2,1-3H3,(H,25,26). The molecule has 8 nitrogen and oxygen atoms in total. The average molecular weight is 404 g/mol. The van der Waals surface area contributed by atoms with Gasteiger partial charge in [-0.1, -0.05) is 6.07 Å². The van der Waals surface area contributed by atoms with Gasteiger partial charge < -0.3 is 24.7 Å². The van der Waals surface area contributed by atoms with Crippen molar-refractivity contribution in [3.05, 3.63) is 65.0 Å². The monoisotopic (exact) mass is 404 g/mol. The largest absolute Gasteiger partial charge is 0.497 e. The quantitative estimate of drug-likeness (QED) is 0.670. The number of aromatic nitrogens is 2. The number of nitrogens with two attached hydrogens (primary N) is 1. The third kappa shape index (κ3) is 3.06. The molecule has 0 aliphatic carbocycles. The fourth-order valence-electron chi connectivity index (χ4n) is 3.59. The summed E-state index contributed by atoms with van der Waals surface area (Å²) < 4.78 is 21.7. The molecule has 8 heteroatoms. The lowest BCUT2D eigenvalue weighted by Gasteiger charge is -2.24. The van der Waals surface area contributed by atoms with Crippen LogP contribution in [0.2, 0.25) is 0 Å². The SMILES string of the molecule is COc1ccc(-c2[nH]nc3c2C(c2ccc(OC)c(OC)c2)C(C#N)=C(N)O3)cc1. The molecule has 1 atom stereocenters. The Labute approximate surface area is 173 Å². The minimum Gasteiger partial charge on any atom is -0.497 e. The first kappa shape index (κ1) is 19.2. The Kier molecular flexibility index (Phi) is 4.94. The molecule has 1 aromatic heterocycles. The van der Waals surface area contributed by atoms with E-state index in [0.717, 1.165) is 28.1 Å². The van der Waals surface area contributed by atoms with Gasteiger partial charge in [-0.2, -0.15) is 5.26 Å². The lowest BCUT2D eigenvalue weighted by atomic mass is 9.83. The van der Waals surface area contributed by atoms with Crippen LogP contribution in [-0.2, 0) is 0 Å². The number of allylic oxidation sites excluding steroid dienone is 1. The molecule has 3 N–H and O–H groups in total. The summed E-state index contributed by atoms with van der Waals surface area (Å²) in [5.74, 6) is 1.74. The first-order valence-electron chi connectivity index (χ1n) is 9.13. The molecule has 2 heterocycles. The van der Waals surface area contributed by atoms with Crippen LogP contribution >= 0.6 is 0 Å². The Morgan fingerprint density at radius 2 is 1.77 bits per heavy atom. The number of aromatic amines is 1. The molecule has 2 aromatic carbocycles. The Morgan fingerprint density at radius 3 is 2.40 bits per heavy atom. The molecule has 0 bridgehead atoms. The van der Waals surface area contributed by atoms with E-state index in [9.17, 15) is 5.26 Å². The summed E-state index contributed by atoms with van der Waals surface area (Å²) in [4.78, 5) is 0. The van der Waals surface area contributed by atoms with Crippen molar-refractivity contribution in [3.8, 4) is 40.5 Å². The second-order valence-electron chi connectivity index (χ2n) is 6.59. The number of benzene rings is 2. The maximum atomic E-state index is 9.84. The van der Waals surface area contributed by atoms with Gasteiger partial charge in [0.1, 0.15) is 17.4 Å². The van der Waals surface area contributed by atoms with Gasteiger partial charge in [0.25, 0.3) is 0 Å². The highest BCUT2D eigenvalue weighted by Crippen LogP contribution is 2.47. The molecule has 152 valence electrons. The molecular formula is C22H20N4O4. The number of ether oxygens (including phenoxy) is 4. The Bertz CT molecular complexity index is 1160. The van der Waals surface area contributed by atoms with Crippen LogP contribution in [0.15, 0.2) is 53.9 Å². The van der Waals surface area contributed by atoms with Crippen LogP contribution in [-0.4, -0.2) is 31.5 Å². The van der Waals surface area contributed by atoms with E-state index in [1.807, 2.05) is 36.4 Å². The van der Waals surface area contributed by atoms with Crippen molar-refractivity contribution in [2.24, 2.45) is 5.73 Å². The molecular weight excluding hydrogens is 384 g/mol. The zero-order valence-corrected chi connectivity index (χ0v) is 16.7. The van der Waals surface area contributed by atoms with Crippen molar-refractivity contribution < 1.29 is 18.9 Å². The Morgan fingerprint density at radius 1 is 1.03 bits per heavy atom. The van der Waals surface area contributed by atoms with Crippen molar-refractivity contribution in [2.75, 3.05) is 21.3 Å². The summed E-state index contributed by atoms with van der Waals surface area (Å²) in [6, 6.07) is 15.2. The molecule has 30 heavy (non-hydrogen) atoms. The van der Waals surface area contributed by atoms with Gasteiger partial charge in [0.15, 0.2) is 11.5 Å². The van der Waals surface area contributed by atoms with Crippen LogP contribution in [0.1, 0.15) is 17.0 Å². The van der Waals surface area contributed by atoms with Crippen LogP contribution in [0.4, 0.5) is 0 Å². The first-order valence-corrected chi connectivity index (χ1v) is 9.13. The predicted octanol–water partition coefficient (Wildman–Crippen LogP) is 3.32. The zero-order valence-electron chi connectivity index (χ0n) is 16.7. The van der Waals surface area contributed by atoms with E-state index < -0.39 is 5.92 Å². The van der Waals surface area contributed by atoms with Crippen molar-refractivity contribution in [1.29, 1.82) is 5.26 Å². The van der Waals surface area contributed by atoms with Crippen LogP contribution in [0, 0.1) is 11.3 Å². The van der Waals surface area contributed by atoms with Gasteiger partial charge in [-0.3, -0.25) is 5.10 Å². The van der Waals surface area contributed by atoms with Crippen molar-refractivity contribution in [3.63, 3.8) is 0 Å². The van der Waals surface area contributed by atoms with Crippen LogP contribution < -0.4 is 24.7 Å². The fourth-order valence-corrected chi connectivity index (χ4v) is 3.59. The highest BCUT2D eigenvalue weighted by atomic mass is 16.5. The molecule has 0 amide bonds. The minimum absolute atomic E-state index is 0.0255. The number of fused-ring (bicyclic) bond motifs is 1. The van der Waals surface area contributed by atoms with Crippen molar-refractivity contribution >= 4 is 0 Å². The van der Waals surface area contributed by atoms with Gasteiger partial charge in [0, 0.05) is 5.56 Å². The molecule has 3 aromatic rings. The van der Waals surface area contributed by atoms with Crippen molar-refractivity contribution in [2.45, 2.75) is 5.92 Å². The third-order valence-corrected chi connectivity index (χ3v) is 5.06. The maximum absolute atomic E-state index is 9.84. The predicted molar refractivity (Wildman–Crippen MR) is 109 cm³/mol. The van der Waals surface area contributed by atoms with Gasteiger partial charge in [-0.15, -0.1) is 5.10 Å². The number of methoxy groups -OCH3 is 3. The van der Waals surface area contributed by atoms with Gasteiger partial charge >= 0.3 is 0 Å². The van der Waals surface area contributed by atoms with E-state index in [1.54, 1.807) is 27.4 Å². The second kappa shape index (κ2) is 7.72. The van der Waals surface area contributed by atoms with E-state index in [2.05, 4.69) is 16.3 Å². The summed E-state index contributed by atoms with van der Waals surface area (Å²) in [7, 11) is 4.74. The smallest absolute Gasteiger partial charge is 0.244 e. The normalized spacial score (nSPS) is 15.1. The maximum Gasteiger partial charge on any atom is 0.244 e. The number of hydrogen-bond donors (Lipinski definition) is 2. The van der Waals surface area contributed by atoms with E-state index in [-0.39, 0.29) is 5.88 Å². The number of nitriles is 1. The van der Waals surface area contributed by atoms with Gasteiger partial charge in [-0.05, 0) is 42.0 Å². The number of nitrogens with zero attached hydrogens (tertiary/aromatic N) is 2. The van der Waals surface area contributed by atoms with E-state index in [1.165, 1.54) is 0 Å². The van der Waals surface area contributed by atoms with Gasteiger partial charge in [0.2, 0.25) is 11.8 Å². The van der Waals surface area contributed by atoms with Gasteiger partial charge in [-0.25, -0.2) is 0 Å². The van der Waals surface area contributed by atoms with E-state index >= 15 is 0 Å². The third-order valence-electron chi connectivity index (χ3n) is 5.06. The fraction of sp³-hybridized carbons (Fsp3) is 0.182. The average Bonchev–Trinajstić information content (AvgIpc) is 3.20. The number of H-pyrrole nitrogens is 1. The number of rotatable bonds is 5. The van der Waals surface area contributed by atoms with Crippen LogP contribution in [0.5, 0.6) is 23.1 Å². The Hall–Kier alpha value is -4.12. The van der Waals surface area contributed by atoms with Crippen LogP contribution in [0.3, 0.4) is 0 Å². The summed E-state index contributed by atoms with van der Waals surface area (Å²) in [5.41, 5.74) is 9.47. The number of nitrogens with one attached hydrogen (secondary N) is 1. The molecule has 0 spiro atoms. The Balaban J connectivity index is 1.91. The lowest BCUT2D eigenvalue weighted by molar-refractivity contribution is 0.354. The number of hydrogen-bond acceptors (Lipinski definition) is 7. The molecule has 4 rings (SSSR count). The highest BCUT2D eigenvalue weighted by Gasteiger charge is 2.36. The minimum atomic E-state index is -0.491. The lowest BCUT2D eigenvalue weighted by Crippen LogP contribution is -2.21. The molecule has 1 unspecified atom stereocenters. The molecule has 0 fully saturated rings. The zero-order chi connectivity index (χ0) is 21.3. The van der Waals surface area contributed by atoms with Crippen molar-refractivity contribution in [1.82, 2.24) is 10.2 Å². The summed E-state index contributed by atoms with van der Waals surface area (Å²) >= 11 is 0.